The number of fused-ring (bicyclic) bond motifs is 1. The van der Waals surface area contributed by atoms with Crippen molar-refractivity contribution < 1.29 is 19.1 Å². The van der Waals surface area contributed by atoms with E-state index in [1.54, 1.807) is 24.3 Å². The van der Waals surface area contributed by atoms with Gasteiger partial charge >= 0.3 is 5.97 Å². The van der Waals surface area contributed by atoms with Crippen LogP contribution in [-0.4, -0.2) is 23.2 Å². The SMILES string of the molecule is CC12CCCCC1C2C(=O)NN=Cc1ccc(-c2ccc(C(=O)O)cc2)o1. The van der Waals surface area contributed by atoms with Crippen molar-refractivity contribution in [2.75, 3.05) is 0 Å². The van der Waals surface area contributed by atoms with Gasteiger partial charge in [-0.2, -0.15) is 5.10 Å². The van der Waals surface area contributed by atoms with Crippen molar-refractivity contribution in [3.05, 3.63) is 47.7 Å². The lowest BCUT2D eigenvalue weighted by atomic mass is 9.90. The lowest BCUT2D eigenvalue weighted by Crippen LogP contribution is -2.22. The highest BCUT2D eigenvalue weighted by molar-refractivity contribution is 5.88. The van der Waals surface area contributed by atoms with Crippen LogP contribution in [0.3, 0.4) is 0 Å². The highest BCUT2D eigenvalue weighted by atomic mass is 16.4. The van der Waals surface area contributed by atoms with E-state index < -0.39 is 5.97 Å². The second-order valence-corrected chi connectivity index (χ2v) is 7.65. The van der Waals surface area contributed by atoms with Crippen molar-refractivity contribution in [3.8, 4) is 11.3 Å². The fraction of sp³-hybridized carbons (Fsp3) is 0.381. The Morgan fingerprint density at radius 3 is 2.67 bits per heavy atom. The molecule has 2 aromatic rings. The molecule has 27 heavy (non-hydrogen) atoms. The van der Waals surface area contributed by atoms with E-state index in [1.165, 1.54) is 31.2 Å². The number of nitrogens with one attached hydrogen (secondary N) is 1. The summed E-state index contributed by atoms with van der Waals surface area (Å²) in [6.45, 7) is 2.21. The Morgan fingerprint density at radius 1 is 1.22 bits per heavy atom. The molecule has 140 valence electrons. The first-order chi connectivity index (χ1) is 13.0. The lowest BCUT2D eigenvalue weighted by molar-refractivity contribution is -0.123. The zero-order valence-electron chi connectivity index (χ0n) is 15.1. The number of nitrogens with zero attached hydrogens (tertiary/aromatic N) is 1. The molecule has 2 N–H and O–H groups in total. The number of benzene rings is 1. The minimum Gasteiger partial charge on any atom is -0.478 e. The van der Waals surface area contributed by atoms with Crippen LogP contribution < -0.4 is 5.43 Å². The molecule has 6 nitrogen and oxygen atoms in total. The first-order valence-corrected chi connectivity index (χ1v) is 9.25. The van der Waals surface area contributed by atoms with Crippen LogP contribution in [0.25, 0.3) is 11.3 Å². The van der Waals surface area contributed by atoms with E-state index >= 15 is 0 Å². The number of amides is 1. The highest BCUT2D eigenvalue weighted by Gasteiger charge is 2.64. The fourth-order valence-electron chi connectivity index (χ4n) is 4.43. The van der Waals surface area contributed by atoms with Gasteiger partial charge in [0.25, 0.3) is 0 Å². The molecule has 2 aliphatic rings. The molecule has 4 rings (SSSR count). The van der Waals surface area contributed by atoms with E-state index in [0.717, 1.165) is 18.4 Å². The van der Waals surface area contributed by atoms with Gasteiger partial charge in [-0.25, -0.2) is 10.2 Å². The summed E-state index contributed by atoms with van der Waals surface area (Å²) in [5, 5.41) is 13.0. The van der Waals surface area contributed by atoms with Crippen LogP contribution in [0.2, 0.25) is 0 Å². The van der Waals surface area contributed by atoms with Crippen molar-refractivity contribution >= 4 is 18.1 Å². The average Bonchev–Trinajstić information content (AvgIpc) is 3.03. The van der Waals surface area contributed by atoms with Gasteiger partial charge in [-0.15, -0.1) is 0 Å². The normalized spacial score (nSPS) is 26.6. The van der Waals surface area contributed by atoms with Crippen molar-refractivity contribution in [1.82, 2.24) is 5.43 Å². The van der Waals surface area contributed by atoms with Crippen LogP contribution in [0.4, 0.5) is 0 Å². The predicted octanol–water partition coefficient (Wildman–Crippen LogP) is 3.92. The van der Waals surface area contributed by atoms with Crippen LogP contribution in [0, 0.1) is 17.3 Å². The van der Waals surface area contributed by atoms with Crippen molar-refractivity contribution in [2.45, 2.75) is 32.6 Å². The minimum absolute atomic E-state index is 0.00307. The molecule has 0 radical (unpaired) electrons. The molecule has 0 aliphatic heterocycles. The molecule has 1 amide bonds. The second-order valence-electron chi connectivity index (χ2n) is 7.65. The second kappa shape index (κ2) is 6.68. The summed E-state index contributed by atoms with van der Waals surface area (Å²) in [5.74, 6) is 0.751. The highest BCUT2D eigenvalue weighted by Crippen LogP contribution is 2.66. The molecule has 1 aromatic carbocycles. The van der Waals surface area contributed by atoms with Gasteiger partial charge in [-0.3, -0.25) is 4.79 Å². The van der Waals surface area contributed by atoms with Gasteiger partial charge in [0.1, 0.15) is 11.5 Å². The Balaban J connectivity index is 1.36. The number of hydrazone groups is 1. The van der Waals surface area contributed by atoms with Crippen molar-refractivity contribution in [1.29, 1.82) is 0 Å². The fourth-order valence-corrected chi connectivity index (χ4v) is 4.43. The number of hydrogen-bond acceptors (Lipinski definition) is 4. The zero-order chi connectivity index (χ0) is 19.0. The van der Waals surface area contributed by atoms with E-state index in [4.69, 9.17) is 9.52 Å². The Bertz CT molecular complexity index is 899. The lowest BCUT2D eigenvalue weighted by Gasteiger charge is -2.15. The third-order valence-corrected chi connectivity index (χ3v) is 6.02. The number of hydrogen-bond donors (Lipinski definition) is 2. The molecular weight excluding hydrogens is 344 g/mol. The minimum atomic E-state index is -0.964. The monoisotopic (exact) mass is 366 g/mol. The number of carboxylic acid groups (broad SMARTS) is 1. The van der Waals surface area contributed by atoms with Crippen LogP contribution in [0.15, 0.2) is 45.9 Å². The molecule has 2 aliphatic carbocycles. The summed E-state index contributed by atoms with van der Waals surface area (Å²) in [6, 6.07) is 10.00. The average molecular weight is 366 g/mol. The topological polar surface area (TPSA) is 91.9 Å². The number of carboxylic acids is 1. The third kappa shape index (κ3) is 3.27. The van der Waals surface area contributed by atoms with Crippen molar-refractivity contribution in [3.63, 3.8) is 0 Å². The quantitative estimate of drug-likeness (QED) is 0.620. The van der Waals surface area contributed by atoms with E-state index in [9.17, 15) is 9.59 Å². The molecule has 2 fully saturated rings. The summed E-state index contributed by atoms with van der Waals surface area (Å²) in [6.07, 6.45) is 6.18. The van der Waals surface area contributed by atoms with E-state index in [-0.39, 0.29) is 22.8 Å². The number of rotatable bonds is 5. The molecule has 1 aromatic heterocycles. The molecule has 2 saturated carbocycles. The first-order valence-electron chi connectivity index (χ1n) is 9.25. The molecule has 0 bridgehead atoms. The number of furan rings is 1. The molecule has 1 heterocycles. The summed E-state index contributed by atoms with van der Waals surface area (Å²) in [5.41, 5.74) is 3.82. The maximum atomic E-state index is 12.4. The van der Waals surface area contributed by atoms with Crippen LogP contribution in [0.5, 0.6) is 0 Å². The van der Waals surface area contributed by atoms with E-state index in [1.807, 2.05) is 0 Å². The largest absolute Gasteiger partial charge is 0.478 e. The van der Waals surface area contributed by atoms with Crippen molar-refractivity contribution in [2.24, 2.45) is 22.4 Å². The number of carbonyl (C=O) groups excluding carboxylic acids is 1. The van der Waals surface area contributed by atoms with Gasteiger partial charge in [0, 0.05) is 11.5 Å². The Labute approximate surface area is 157 Å². The maximum absolute atomic E-state index is 12.4. The summed E-state index contributed by atoms with van der Waals surface area (Å²) >= 11 is 0. The number of aromatic carboxylic acids is 1. The summed E-state index contributed by atoms with van der Waals surface area (Å²) in [4.78, 5) is 23.3. The Hall–Kier alpha value is -2.89. The molecule has 0 saturated heterocycles. The number of carbonyl (C=O) groups is 2. The van der Waals surface area contributed by atoms with E-state index in [2.05, 4.69) is 17.5 Å². The van der Waals surface area contributed by atoms with Crippen LogP contribution >= 0.6 is 0 Å². The third-order valence-electron chi connectivity index (χ3n) is 6.02. The smallest absolute Gasteiger partial charge is 0.335 e. The Morgan fingerprint density at radius 2 is 2.00 bits per heavy atom. The van der Waals surface area contributed by atoms with Gasteiger partial charge in [0.15, 0.2) is 0 Å². The molecule has 0 spiro atoms. The summed E-state index contributed by atoms with van der Waals surface area (Å²) < 4.78 is 5.69. The van der Waals surface area contributed by atoms with Gasteiger partial charge in [-0.1, -0.05) is 31.9 Å². The molecule has 3 unspecified atom stereocenters. The Kier molecular flexibility index (Phi) is 4.34. The molecule has 6 heteroatoms. The standard InChI is InChI=1S/C21H22N2O4/c1-21-11-3-2-4-16(21)18(21)19(24)23-22-12-15-9-10-17(27-15)13-5-7-14(8-6-13)20(25)26/h5-10,12,16,18H,2-4,11H2,1H3,(H,23,24)(H,25,26). The maximum Gasteiger partial charge on any atom is 0.335 e. The predicted molar refractivity (Wildman–Crippen MR) is 100 cm³/mol. The zero-order valence-corrected chi connectivity index (χ0v) is 15.1. The van der Waals surface area contributed by atoms with E-state index in [0.29, 0.717) is 17.4 Å². The van der Waals surface area contributed by atoms with Crippen LogP contribution in [-0.2, 0) is 4.79 Å². The first kappa shape index (κ1) is 17.5. The molecule has 3 atom stereocenters. The van der Waals surface area contributed by atoms with Crippen LogP contribution in [0.1, 0.15) is 48.7 Å². The summed E-state index contributed by atoms with van der Waals surface area (Å²) in [7, 11) is 0. The van der Waals surface area contributed by atoms with Gasteiger partial charge < -0.3 is 9.52 Å². The van der Waals surface area contributed by atoms with Gasteiger partial charge in [-0.05, 0) is 48.4 Å². The van der Waals surface area contributed by atoms with Gasteiger partial charge in [0.2, 0.25) is 5.91 Å². The van der Waals surface area contributed by atoms with Gasteiger partial charge in [0.05, 0.1) is 11.8 Å². The molecular formula is C21H22N2O4.